The first-order valence-electron chi connectivity index (χ1n) is 8.17. The van der Waals surface area contributed by atoms with Crippen LogP contribution < -0.4 is 5.32 Å². The van der Waals surface area contributed by atoms with Gasteiger partial charge in [-0.3, -0.25) is 0 Å². The largest absolute Gasteiger partial charge is 0.311 e. The lowest BCUT2D eigenvalue weighted by Crippen LogP contribution is -2.44. The van der Waals surface area contributed by atoms with E-state index in [1.165, 1.54) is 19.3 Å². The highest BCUT2D eigenvalue weighted by Gasteiger charge is 2.66. The van der Waals surface area contributed by atoms with Crippen LogP contribution in [0.3, 0.4) is 0 Å². The summed E-state index contributed by atoms with van der Waals surface area (Å²) in [7, 11) is 0. The van der Waals surface area contributed by atoms with E-state index in [0.29, 0.717) is 16.2 Å². The normalized spacial score (nSPS) is 44.2. The minimum atomic E-state index is 0.270. The Morgan fingerprint density at radius 3 is 1.79 bits per heavy atom. The van der Waals surface area contributed by atoms with Gasteiger partial charge in [-0.2, -0.15) is 0 Å². The highest BCUT2D eigenvalue weighted by molar-refractivity contribution is 5.15. The highest BCUT2D eigenvalue weighted by Crippen LogP contribution is 2.73. The van der Waals surface area contributed by atoms with Crippen LogP contribution in [0.15, 0.2) is 0 Å². The molecular weight excluding hydrogens is 230 g/mol. The summed E-state index contributed by atoms with van der Waals surface area (Å²) in [5.41, 5.74) is 1.80. The molecule has 0 aromatic rings. The molecule has 1 spiro atoms. The average Bonchev–Trinajstić information content (AvgIpc) is 2.78. The van der Waals surface area contributed by atoms with Crippen molar-refractivity contribution in [2.45, 2.75) is 80.2 Å². The van der Waals surface area contributed by atoms with Crippen molar-refractivity contribution < 1.29 is 0 Å². The van der Waals surface area contributed by atoms with Gasteiger partial charge in [0.05, 0.1) is 0 Å². The van der Waals surface area contributed by atoms with Crippen LogP contribution in [-0.2, 0) is 0 Å². The van der Waals surface area contributed by atoms with Crippen molar-refractivity contribution in [1.29, 1.82) is 0 Å². The molecule has 2 fully saturated rings. The van der Waals surface area contributed by atoms with Crippen molar-refractivity contribution in [2.24, 2.45) is 28.1 Å². The average molecular weight is 265 g/mol. The molecule has 1 aliphatic heterocycles. The summed E-state index contributed by atoms with van der Waals surface area (Å²) in [6, 6.07) is 0. The maximum atomic E-state index is 3.83. The summed E-state index contributed by atoms with van der Waals surface area (Å²) < 4.78 is 0. The van der Waals surface area contributed by atoms with E-state index >= 15 is 0 Å². The van der Waals surface area contributed by atoms with Gasteiger partial charge in [0.2, 0.25) is 0 Å². The second-order valence-corrected chi connectivity index (χ2v) is 9.71. The summed E-state index contributed by atoms with van der Waals surface area (Å²) in [5.74, 6) is 1.65. The molecule has 1 heterocycles. The molecule has 1 saturated carbocycles. The first-order valence-corrected chi connectivity index (χ1v) is 8.17. The van der Waals surface area contributed by atoms with E-state index in [1.807, 2.05) is 0 Å². The van der Waals surface area contributed by atoms with Gasteiger partial charge >= 0.3 is 0 Å². The van der Waals surface area contributed by atoms with Gasteiger partial charge in [-0.25, -0.2) is 0 Å². The minimum Gasteiger partial charge on any atom is -0.311 e. The summed E-state index contributed by atoms with van der Waals surface area (Å²) in [5, 5.41) is 3.83. The van der Waals surface area contributed by atoms with Crippen molar-refractivity contribution in [3.05, 3.63) is 0 Å². The van der Waals surface area contributed by atoms with Crippen LogP contribution in [0.2, 0.25) is 0 Å². The lowest BCUT2D eigenvalue weighted by Gasteiger charge is -2.37. The standard InChI is InChI=1S/C18H35N/c1-13-9-15(3,4)12-19-17(7,8)10-14(2)18(13)11-16(18,5)6/h13-14,19H,9-12H2,1-8H3. The number of hydrogen-bond donors (Lipinski definition) is 1. The van der Waals surface area contributed by atoms with E-state index in [9.17, 15) is 0 Å². The molecule has 112 valence electrons. The molecule has 2 aliphatic rings. The predicted octanol–water partition coefficient (Wildman–Crippen LogP) is 4.86. The summed E-state index contributed by atoms with van der Waals surface area (Å²) in [6.45, 7) is 20.8. The Hall–Kier alpha value is -0.0400. The van der Waals surface area contributed by atoms with E-state index in [2.05, 4.69) is 60.7 Å². The first-order chi connectivity index (χ1) is 8.42. The van der Waals surface area contributed by atoms with Crippen LogP contribution in [0.1, 0.15) is 74.7 Å². The zero-order valence-corrected chi connectivity index (χ0v) is 14.5. The van der Waals surface area contributed by atoms with Crippen molar-refractivity contribution in [2.75, 3.05) is 6.54 Å². The lowest BCUT2D eigenvalue weighted by atomic mass is 9.67. The van der Waals surface area contributed by atoms with Gasteiger partial charge in [0, 0.05) is 12.1 Å². The smallest absolute Gasteiger partial charge is 0.0128 e. The Labute approximate surface area is 120 Å². The van der Waals surface area contributed by atoms with E-state index < -0.39 is 0 Å². The Morgan fingerprint density at radius 1 is 0.842 bits per heavy atom. The summed E-state index contributed by atoms with van der Waals surface area (Å²) >= 11 is 0. The molecule has 1 saturated heterocycles. The lowest BCUT2D eigenvalue weighted by molar-refractivity contribution is 0.122. The minimum absolute atomic E-state index is 0.270. The van der Waals surface area contributed by atoms with Crippen molar-refractivity contribution in [3.8, 4) is 0 Å². The fraction of sp³-hybridized carbons (Fsp3) is 1.00. The van der Waals surface area contributed by atoms with Crippen molar-refractivity contribution in [3.63, 3.8) is 0 Å². The fourth-order valence-corrected chi connectivity index (χ4v) is 5.44. The van der Waals surface area contributed by atoms with Crippen LogP contribution >= 0.6 is 0 Å². The molecule has 3 atom stereocenters. The van der Waals surface area contributed by atoms with Crippen LogP contribution in [0.5, 0.6) is 0 Å². The quantitative estimate of drug-likeness (QED) is 0.659. The zero-order chi connectivity index (χ0) is 14.7. The molecule has 0 aromatic heterocycles. The van der Waals surface area contributed by atoms with E-state index in [0.717, 1.165) is 18.4 Å². The predicted molar refractivity (Wildman–Crippen MR) is 84.3 cm³/mol. The van der Waals surface area contributed by atoms with Gasteiger partial charge in [-0.05, 0) is 61.2 Å². The van der Waals surface area contributed by atoms with Gasteiger partial charge < -0.3 is 5.32 Å². The van der Waals surface area contributed by atoms with Crippen LogP contribution in [0.25, 0.3) is 0 Å². The topological polar surface area (TPSA) is 12.0 Å². The maximum Gasteiger partial charge on any atom is 0.0128 e. The molecule has 3 unspecified atom stereocenters. The number of hydrogen-bond acceptors (Lipinski definition) is 1. The fourth-order valence-electron chi connectivity index (χ4n) is 5.44. The Morgan fingerprint density at radius 2 is 1.32 bits per heavy atom. The first kappa shape index (κ1) is 15.4. The molecule has 19 heavy (non-hydrogen) atoms. The molecule has 0 aromatic carbocycles. The van der Waals surface area contributed by atoms with Crippen LogP contribution in [0.4, 0.5) is 0 Å². The van der Waals surface area contributed by atoms with E-state index in [4.69, 9.17) is 0 Å². The molecule has 0 radical (unpaired) electrons. The van der Waals surface area contributed by atoms with Crippen LogP contribution in [0, 0.1) is 28.1 Å². The molecule has 1 aliphatic carbocycles. The maximum absolute atomic E-state index is 3.83. The van der Waals surface area contributed by atoms with Gasteiger partial charge in [-0.1, -0.05) is 41.5 Å². The van der Waals surface area contributed by atoms with Gasteiger partial charge in [-0.15, -0.1) is 0 Å². The Bertz CT molecular complexity index is 327. The van der Waals surface area contributed by atoms with Gasteiger partial charge in [0.15, 0.2) is 0 Å². The van der Waals surface area contributed by atoms with Gasteiger partial charge in [0.25, 0.3) is 0 Å². The zero-order valence-electron chi connectivity index (χ0n) is 14.5. The SMILES string of the molecule is CC1CC(C)(C)CNC(C)(C)CC(C)C12CC2(C)C. The Balaban J connectivity index is 2.33. The third kappa shape index (κ3) is 2.60. The second kappa shape index (κ2) is 4.23. The summed E-state index contributed by atoms with van der Waals surface area (Å²) in [4.78, 5) is 0. The second-order valence-electron chi connectivity index (χ2n) is 9.71. The highest BCUT2D eigenvalue weighted by atomic mass is 15.0. The molecule has 0 amide bonds. The summed E-state index contributed by atoms with van der Waals surface area (Å²) in [6.07, 6.45) is 4.08. The monoisotopic (exact) mass is 265 g/mol. The van der Waals surface area contributed by atoms with Gasteiger partial charge in [0.1, 0.15) is 0 Å². The third-order valence-corrected chi connectivity index (χ3v) is 6.35. The Kier molecular flexibility index (Phi) is 3.42. The molecule has 0 bridgehead atoms. The van der Waals surface area contributed by atoms with E-state index in [-0.39, 0.29) is 5.54 Å². The van der Waals surface area contributed by atoms with Crippen molar-refractivity contribution >= 4 is 0 Å². The number of nitrogens with one attached hydrogen (secondary N) is 1. The van der Waals surface area contributed by atoms with Crippen molar-refractivity contribution in [1.82, 2.24) is 5.32 Å². The number of rotatable bonds is 0. The third-order valence-electron chi connectivity index (χ3n) is 6.35. The molecule has 1 nitrogen and oxygen atoms in total. The van der Waals surface area contributed by atoms with Crippen LogP contribution in [-0.4, -0.2) is 12.1 Å². The molecule has 1 N–H and O–H groups in total. The molecule has 2 rings (SSSR count). The van der Waals surface area contributed by atoms with E-state index in [1.54, 1.807) is 0 Å². The molecule has 1 heteroatoms. The molecular formula is C18H35N.